The molecule has 1 aromatic carbocycles. The molecule has 2 rings (SSSR count). The van der Waals surface area contributed by atoms with E-state index < -0.39 is 0 Å². The monoisotopic (exact) mass is 238 g/mol. The molecule has 6 nitrogen and oxygen atoms in total. The van der Waals surface area contributed by atoms with Crippen molar-refractivity contribution in [3.63, 3.8) is 0 Å². The van der Waals surface area contributed by atoms with Gasteiger partial charge in [0, 0.05) is 17.3 Å². The van der Waals surface area contributed by atoms with E-state index in [9.17, 15) is 0 Å². The minimum atomic E-state index is 0.0931. The van der Waals surface area contributed by atoms with Crippen LogP contribution in [0.3, 0.4) is 0 Å². The first kappa shape index (κ1) is 10.5. The zero-order chi connectivity index (χ0) is 11.5. The largest absolute Gasteiger partial charge is 0.454 e. The second-order valence-corrected chi connectivity index (χ2v) is 3.51. The van der Waals surface area contributed by atoms with Crippen molar-refractivity contribution >= 4 is 29.2 Å². The molecule has 1 aromatic rings. The molecule has 5 N–H and O–H groups in total. The van der Waals surface area contributed by atoms with Gasteiger partial charge in [0.1, 0.15) is 0 Å². The van der Waals surface area contributed by atoms with E-state index in [4.69, 9.17) is 20.9 Å². The number of ether oxygens (including phenoxy) is 2. The highest BCUT2D eigenvalue weighted by atomic mass is 32.1. The molecule has 0 unspecified atom stereocenters. The average molecular weight is 238 g/mol. The van der Waals surface area contributed by atoms with Crippen LogP contribution in [0.25, 0.3) is 0 Å². The Labute approximate surface area is 97.2 Å². The van der Waals surface area contributed by atoms with Gasteiger partial charge in [-0.3, -0.25) is 5.43 Å². The van der Waals surface area contributed by atoms with Gasteiger partial charge in [-0.15, -0.1) is 0 Å². The Kier molecular flexibility index (Phi) is 2.78. The SMILES string of the molecule is NC(=S)N/N=C/c1cc2c(cc1N)OCO2. The Balaban J connectivity index is 2.21. The molecule has 0 bridgehead atoms. The van der Waals surface area contributed by atoms with Gasteiger partial charge in [0.15, 0.2) is 16.6 Å². The van der Waals surface area contributed by atoms with Crippen LogP contribution in [-0.4, -0.2) is 18.1 Å². The van der Waals surface area contributed by atoms with Crippen molar-refractivity contribution in [2.24, 2.45) is 10.8 Å². The van der Waals surface area contributed by atoms with Gasteiger partial charge in [-0.1, -0.05) is 0 Å². The lowest BCUT2D eigenvalue weighted by Crippen LogP contribution is -2.24. The molecule has 16 heavy (non-hydrogen) atoms. The molecule has 1 aliphatic heterocycles. The van der Waals surface area contributed by atoms with Crippen molar-refractivity contribution in [3.05, 3.63) is 17.7 Å². The zero-order valence-electron chi connectivity index (χ0n) is 8.27. The Morgan fingerprint density at radius 2 is 2.12 bits per heavy atom. The first-order chi connectivity index (χ1) is 7.66. The number of rotatable bonds is 2. The molecule has 0 saturated carbocycles. The van der Waals surface area contributed by atoms with Gasteiger partial charge >= 0.3 is 0 Å². The zero-order valence-corrected chi connectivity index (χ0v) is 9.08. The first-order valence-electron chi connectivity index (χ1n) is 4.44. The summed E-state index contributed by atoms with van der Waals surface area (Å²) in [5, 5.41) is 3.90. The number of thiocarbonyl (C=S) groups is 1. The highest BCUT2D eigenvalue weighted by Gasteiger charge is 2.15. The predicted octanol–water partition coefficient (Wildman–Crippen LogP) is 0.165. The number of anilines is 1. The summed E-state index contributed by atoms with van der Waals surface area (Å²) in [5.74, 6) is 1.28. The number of nitrogen functional groups attached to an aromatic ring is 1. The van der Waals surface area contributed by atoms with E-state index in [-0.39, 0.29) is 11.9 Å². The number of nitrogens with one attached hydrogen (secondary N) is 1. The number of nitrogens with zero attached hydrogens (tertiary/aromatic N) is 1. The number of nitrogens with two attached hydrogens (primary N) is 2. The third kappa shape index (κ3) is 2.14. The molecular formula is C9H10N4O2S. The molecule has 1 aliphatic rings. The lowest BCUT2D eigenvalue weighted by molar-refractivity contribution is 0.174. The summed E-state index contributed by atoms with van der Waals surface area (Å²) in [6.45, 7) is 0.209. The predicted molar refractivity (Wildman–Crippen MR) is 64.5 cm³/mol. The fourth-order valence-corrected chi connectivity index (χ4v) is 1.30. The van der Waals surface area contributed by atoms with E-state index in [2.05, 4.69) is 22.7 Å². The smallest absolute Gasteiger partial charge is 0.231 e. The minimum Gasteiger partial charge on any atom is -0.454 e. The Bertz CT molecular complexity index is 461. The highest BCUT2D eigenvalue weighted by Crippen LogP contribution is 2.35. The highest BCUT2D eigenvalue weighted by molar-refractivity contribution is 7.80. The number of fused-ring (bicyclic) bond motifs is 1. The number of benzene rings is 1. The van der Waals surface area contributed by atoms with Crippen molar-refractivity contribution in [1.29, 1.82) is 0 Å². The minimum absolute atomic E-state index is 0.0931. The summed E-state index contributed by atoms with van der Waals surface area (Å²) < 4.78 is 10.4. The van der Waals surface area contributed by atoms with Crippen LogP contribution in [-0.2, 0) is 0 Å². The van der Waals surface area contributed by atoms with Gasteiger partial charge in [0.05, 0.1) is 6.21 Å². The van der Waals surface area contributed by atoms with Crippen LogP contribution in [0.5, 0.6) is 11.5 Å². The maximum absolute atomic E-state index is 5.79. The average Bonchev–Trinajstić information content (AvgIpc) is 2.64. The standard InChI is InChI=1S/C9H10N4O2S/c10-6-2-8-7(14-4-15-8)1-5(6)3-12-13-9(11)16/h1-3H,4,10H2,(H3,11,13,16)/b12-3+. The van der Waals surface area contributed by atoms with Crippen LogP contribution in [0.2, 0.25) is 0 Å². The van der Waals surface area contributed by atoms with Crippen molar-refractivity contribution < 1.29 is 9.47 Å². The third-order valence-corrected chi connectivity index (χ3v) is 2.05. The summed E-state index contributed by atoms with van der Waals surface area (Å²) in [4.78, 5) is 0. The van der Waals surface area contributed by atoms with Crippen LogP contribution in [0.4, 0.5) is 5.69 Å². The Hall–Kier alpha value is -2.02. The van der Waals surface area contributed by atoms with Crippen LogP contribution in [0, 0.1) is 0 Å². The van der Waals surface area contributed by atoms with E-state index >= 15 is 0 Å². The molecule has 0 amide bonds. The van der Waals surface area contributed by atoms with Gasteiger partial charge in [0.2, 0.25) is 6.79 Å². The molecule has 0 radical (unpaired) electrons. The maximum atomic E-state index is 5.79. The lowest BCUT2D eigenvalue weighted by Gasteiger charge is -2.02. The fourth-order valence-electron chi connectivity index (χ4n) is 1.25. The first-order valence-corrected chi connectivity index (χ1v) is 4.85. The molecular weight excluding hydrogens is 228 g/mol. The second kappa shape index (κ2) is 4.23. The van der Waals surface area contributed by atoms with Crippen molar-refractivity contribution in [2.45, 2.75) is 0 Å². The van der Waals surface area contributed by atoms with Crippen molar-refractivity contribution in [1.82, 2.24) is 5.43 Å². The van der Waals surface area contributed by atoms with Gasteiger partial charge < -0.3 is 20.9 Å². The van der Waals surface area contributed by atoms with E-state index in [0.717, 1.165) is 0 Å². The summed E-state index contributed by atoms with van der Waals surface area (Å²) in [6, 6.07) is 3.42. The molecule has 1 heterocycles. The molecule has 0 aliphatic carbocycles. The van der Waals surface area contributed by atoms with E-state index in [1.807, 2.05) is 0 Å². The normalized spacial score (nSPS) is 13.0. The molecule has 0 fully saturated rings. The second-order valence-electron chi connectivity index (χ2n) is 3.07. The van der Waals surface area contributed by atoms with Crippen molar-refractivity contribution in [3.8, 4) is 11.5 Å². The lowest BCUT2D eigenvalue weighted by atomic mass is 10.2. The van der Waals surface area contributed by atoms with E-state index in [1.54, 1.807) is 12.1 Å². The molecule has 84 valence electrons. The fraction of sp³-hybridized carbons (Fsp3) is 0.111. The van der Waals surface area contributed by atoms with Gasteiger partial charge in [-0.05, 0) is 18.3 Å². The van der Waals surface area contributed by atoms with Gasteiger partial charge in [-0.2, -0.15) is 5.10 Å². The van der Waals surface area contributed by atoms with Crippen molar-refractivity contribution in [2.75, 3.05) is 12.5 Å². The van der Waals surface area contributed by atoms with Crippen LogP contribution >= 0.6 is 12.2 Å². The quantitative estimate of drug-likeness (QED) is 0.294. The third-order valence-electron chi connectivity index (χ3n) is 1.96. The van der Waals surface area contributed by atoms with E-state index in [0.29, 0.717) is 22.7 Å². The Morgan fingerprint density at radius 3 is 2.81 bits per heavy atom. The summed E-state index contributed by atoms with van der Waals surface area (Å²) in [5.41, 5.74) is 14.7. The van der Waals surface area contributed by atoms with Gasteiger partial charge in [-0.25, -0.2) is 0 Å². The number of hydrogen-bond acceptors (Lipinski definition) is 5. The van der Waals surface area contributed by atoms with Crippen LogP contribution in [0.15, 0.2) is 17.2 Å². The van der Waals surface area contributed by atoms with Gasteiger partial charge in [0.25, 0.3) is 0 Å². The van der Waals surface area contributed by atoms with Crippen LogP contribution in [0.1, 0.15) is 5.56 Å². The molecule has 7 heteroatoms. The molecule has 0 saturated heterocycles. The summed E-state index contributed by atoms with van der Waals surface area (Å²) in [6.07, 6.45) is 1.51. The number of hydrogen-bond donors (Lipinski definition) is 3. The van der Waals surface area contributed by atoms with E-state index in [1.165, 1.54) is 6.21 Å². The number of hydrazone groups is 1. The molecule has 0 spiro atoms. The topological polar surface area (TPSA) is 94.9 Å². The summed E-state index contributed by atoms with van der Waals surface area (Å²) in [7, 11) is 0. The molecule has 0 aromatic heterocycles. The Morgan fingerprint density at radius 1 is 1.44 bits per heavy atom. The maximum Gasteiger partial charge on any atom is 0.231 e. The molecule has 0 atom stereocenters. The van der Waals surface area contributed by atoms with Crippen LogP contribution < -0.4 is 26.4 Å². The summed E-state index contributed by atoms with van der Waals surface area (Å²) >= 11 is 4.60.